The van der Waals surface area contributed by atoms with E-state index in [0.717, 1.165) is 0 Å². The molecule has 7 heteroatoms. The minimum Gasteiger partial charge on any atom is -0.460 e. The van der Waals surface area contributed by atoms with Gasteiger partial charge >= 0.3 is 13.6 Å². The lowest BCUT2D eigenvalue weighted by molar-refractivity contribution is -0.146. The number of ether oxygens (including phenoxy) is 1. The Morgan fingerprint density at radius 3 is 2.25 bits per heavy atom. The third-order valence-electron chi connectivity index (χ3n) is 1.96. The molecule has 0 aliphatic rings. The Bertz CT molecular complexity index is 275. The second-order valence-electron chi connectivity index (χ2n) is 4.29. The van der Waals surface area contributed by atoms with E-state index in [1.807, 2.05) is 13.8 Å². The van der Waals surface area contributed by atoms with E-state index in [4.69, 9.17) is 20.3 Å². The van der Waals surface area contributed by atoms with Crippen molar-refractivity contribution in [2.45, 2.75) is 39.3 Å². The summed E-state index contributed by atoms with van der Waals surface area (Å²) < 4.78 is 15.7. The van der Waals surface area contributed by atoms with Gasteiger partial charge in [0.1, 0.15) is 6.10 Å². The standard InChI is InChI=1S/C9H20NO5P/c1-6(2)4-8(10)9(15-7(3)11)5-16(12,13)14/h6,8-9H,4-5,10H2,1-3H3,(H2,12,13,14). The quantitative estimate of drug-likeness (QED) is 0.469. The van der Waals surface area contributed by atoms with Gasteiger partial charge in [-0.25, -0.2) is 0 Å². The number of carbonyl (C=O) groups excluding carboxylic acids is 1. The molecule has 0 aromatic carbocycles. The summed E-state index contributed by atoms with van der Waals surface area (Å²) in [4.78, 5) is 28.5. The van der Waals surface area contributed by atoms with Crippen LogP contribution in [0.15, 0.2) is 0 Å². The molecule has 2 atom stereocenters. The summed E-state index contributed by atoms with van der Waals surface area (Å²) in [5.74, 6) is -0.317. The maximum absolute atomic E-state index is 10.9. The van der Waals surface area contributed by atoms with Crippen LogP contribution in [0.25, 0.3) is 0 Å². The average molecular weight is 253 g/mol. The van der Waals surface area contributed by atoms with Crippen molar-refractivity contribution >= 4 is 13.6 Å². The van der Waals surface area contributed by atoms with Crippen LogP contribution in [0.4, 0.5) is 0 Å². The first-order chi connectivity index (χ1) is 7.11. The van der Waals surface area contributed by atoms with Crippen molar-refractivity contribution in [2.75, 3.05) is 6.16 Å². The molecule has 0 saturated carbocycles. The van der Waals surface area contributed by atoms with Gasteiger partial charge in [-0.3, -0.25) is 9.36 Å². The third-order valence-corrected chi connectivity index (χ3v) is 2.79. The molecule has 96 valence electrons. The third kappa shape index (κ3) is 7.82. The van der Waals surface area contributed by atoms with Crippen LogP contribution in [0.3, 0.4) is 0 Å². The Balaban J connectivity index is 4.53. The molecule has 2 unspecified atom stereocenters. The van der Waals surface area contributed by atoms with Crippen LogP contribution >= 0.6 is 7.60 Å². The van der Waals surface area contributed by atoms with Crippen LogP contribution in [0.2, 0.25) is 0 Å². The van der Waals surface area contributed by atoms with E-state index in [2.05, 4.69) is 0 Å². The highest BCUT2D eigenvalue weighted by atomic mass is 31.2. The van der Waals surface area contributed by atoms with Gasteiger partial charge in [-0.2, -0.15) is 0 Å². The number of esters is 1. The summed E-state index contributed by atoms with van der Waals surface area (Å²) in [7, 11) is -4.23. The van der Waals surface area contributed by atoms with Gasteiger partial charge in [0.15, 0.2) is 0 Å². The lowest BCUT2D eigenvalue weighted by Crippen LogP contribution is -2.41. The number of carbonyl (C=O) groups is 1. The van der Waals surface area contributed by atoms with Crippen LogP contribution in [0.5, 0.6) is 0 Å². The van der Waals surface area contributed by atoms with Crippen LogP contribution in [0, 0.1) is 5.92 Å². The molecule has 0 bridgehead atoms. The van der Waals surface area contributed by atoms with Crippen LogP contribution < -0.4 is 5.73 Å². The van der Waals surface area contributed by atoms with Crippen molar-refractivity contribution in [3.05, 3.63) is 0 Å². The van der Waals surface area contributed by atoms with Gasteiger partial charge in [0.2, 0.25) is 0 Å². The predicted octanol–water partition coefficient (Wildman–Crippen LogP) is 0.469. The molecule has 0 saturated heterocycles. The highest BCUT2D eigenvalue weighted by Gasteiger charge is 2.29. The normalized spacial score (nSPS) is 15.9. The minimum atomic E-state index is -4.23. The van der Waals surface area contributed by atoms with Gasteiger partial charge in [0.25, 0.3) is 0 Å². The van der Waals surface area contributed by atoms with Crippen molar-refractivity contribution < 1.29 is 23.9 Å². The van der Waals surface area contributed by atoms with Gasteiger partial charge in [-0.05, 0) is 12.3 Å². The molecule has 0 aromatic rings. The Hall–Kier alpha value is -0.420. The fraction of sp³-hybridized carbons (Fsp3) is 0.889. The molecule has 0 fully saturated rings. The molecule has 0 radical (unpaired) electrons. The van der Waals surface area contributed by atoms with E-state index in [1.165, 1.54) is 6.92 Å². The first-order valence-corrected chi connectivity index (χ1v) is 6.89. The second kappa shape index (κ2) is 6.35. The van der Waals surface area contributed by atoms with Gasteiger partial charge in [0.05, 0.1) is 6.16 Å². The van der Waals surface area contributed by atoms with Gasteiger partial charge < -0.3 is 20.3 Å². The van der Waals surface area contributed by atoms with Crippen LogP contribution in [-0.2, 0) is 14.1 Å². The van der Waals surface area contributed by atoms with Gasteiger partial charge in [0, 0.05) is 13.0 Å². The van der Waals surface area contributed by atoms with Crippen molar-refractivity contribution in [2.24, 2.45) is 11.7 Å². The molecule has 6 nitrogen and oxygen atoms in total. The Labute approximate surface area is 95.3 Å². The zero-order chi connectivity index (χ0) is 12.9. The summed E-state index contributed by atoms with van der Waals surface area (Å²) in [6.07, 6.45) is -0.918. The summed E-state index contributed by atoms with van der Waals surface area (Å²) in [6, 6.07) is -0.559. The largest absolute Gasteiger partial charge is 0.460 e. The number of hydrogen-bond acceptors (Lipinski definition) is 4. The van der Waals surface area contributed by atoms with E-state index >= 15 is 0 Å². The van der Waals surface area contributed by atoms with E-state index < -0.39 is 31.9 Å². The molecular formula is C9H20NO5P. The highest BCUT2D eigenvalue weighted by molar-refractivity contribution is 7.51. The zero-order valence-electron chi connectivity index (χ0n) is 9.79. The lowest BCUT2D eigenvalue weighted by atomic mass is 10.0. The summed E-state index contributed by atoms with van der Waals surface area (Å²) >= 11 is 0. The molecule has 0 aromatic heterocycles. The Kier molecular flexibility index (Phi) is 6.18. The molecule has 0 spiro atoms. The molecule has 0 aliphatic carbocycles. The first kappa shape index (κ1) is 15.6. The van der Waals surface area contributed by atoms with E-state index in [1.54, 1.807) is 0 Å². The fourth-order valence-corrected chi connectivity index (χ4v) is 2.22. The maximum atomic E-state index is 10.9. The van der Waals surface area contributed by atoms with Crippen molar-refractivity contribution in [3.8, 4) is 0 Å². The minimum absolute atomic E-state index is 0.268. The zero-order valence-corrected chi connectivity index (χ0v) is 10.7. The fourth-order valence-electron chi connectivity index (χ4n) is 1.40. The van der Waals surface area contributed by atoms with E-state index in [0.29, 0.717) is 6.42 Å². The monoisotopic (exact) mass is 253 g/mol. The number of rotatable bonds is 6. The SMILES string of the molecule is CC(=O)OC(CP(=O)(O)O)C(N)CC(C)C. The maximum Gasteiger partial charge on any atom is 0.329 e. The molecular weight excluding hydrogens is 233 g/mol. The molecule has 16 heavy (non-hydrogen) atoms. The molecule has 0 aliphatic heterocycles. The number of nitrogens with two attached hydrogens (primary N) is 1. The molecule has 0 rings (SSSR count). The van der Waals surface area contributed by atoms with Crippen LogP contribution in [0.1, 0.15) is 27.2 Å². The van der Waals surface area contributed by atoms with Crippen molar-refractivity contribution in [3.63, 3.8) is 0 Å². The molecule has 4 N–H and O–H groups in total. The van der Waals surface area contributed by atoms with Crippen LogP contribution in [-0.4, -0.2) is 34.1 Å². The summed E-state index contributed by atoms with van der Waals surface area (Å²) in [6.45, 7) is 5.05. The first-order valence-electron chi connectivity index (χ1n) is 5.09. The Morgan fingerprint density at radius 1 is 1.44 bits per heavy atom. The van der Waals surface area contributed by atoms with E-state index in [-0.39, 0.29) is 5.92 Å². The lowest BCUT2D eigenvalue weighted by Gasteiger charge is -2.25. The van der Waals surface area contributed by atoms with Crippen molar-refractivity contribution in [1.82, 2.24) is 0 Å². The smallest absolute Gasteiger partial charge is 0.329 e. The molecule has 0 amide bonds. The highest BCUT2D eigenvalue weighted by Crippen LogP contribution is 2.36. The second-order valence-corrected chi connectivity index (χ2v) is 5.98. The summed E-state index contributed by atoms with van der Waals surface area (Å²) in [5.41, 5.74) is 5.75. The average Bonchev–Trinajstić information content (AvgIpc) is 1.97. The Morgan fingerprint density at radius 2 is 1.94 bits per heavy atom. The van der Waals surface area contributed by atoms with Gasteiger partial charge in [-0.1, -0.05) is 13.8 Å². The van der Waals surface area contributed by atoms with Crippen molar-refractivity contribution in [1.29, 1.82) is 0 Å². The predicted molar refractivity (Wildman–Crippen MR) is 59.9 cm³/mol. The number of hydrogen-bond donors (Lipinski definition) is 3. The van der Waals surface area contributed by atoms with Gasteiger partial charge in [-0.15, -0.1) is 0 Å². The topological polar surface area (TPSA) is 110 Å². The summed E-state index contributed by atoms with van der Waals surface area (Å²) in [5, 5.41) is 0. The van der Waals surface area contributed by atoms with E-state index in [9.17, 15) is 9.36 Å². The molecule has 0 heterocycles.